The molecule has 0 aromatic heterocycles. The van der Waals surface area contributed by atoms with Crippen LogP contribution in [0.5, 0.6) is 11.5 Å². The number of nitrogens with one attached hydrogen (secondary N) is 1. The number of carbonyl (C=O) groups excluding carboxylic acids is 2. The Morgan fingerprint density at radius 2 is 1.78 bits per heavy atom. The fourth-order valence-electron chi connectivity index (χ4n) is 2.59. The molecule has 7 heteroatoms. The van der Waals surface area contributed by atoms with Crippen molar-refractivity contribution in [3.05, 3.63) is 54.1 Å². The van der Waals surface area contributed by atoms with Crippen molar-refractivity contribution in [3.8, 4) is 17.6 Å². The predicted octanol–water partition coefficient (Wildman–Crippen LogP) is 2.46. The fourth-order valence-corrected chi connectivity index (χ4v) is 2.59. The number of nitrogens with zero attached hydrogens (tertiary/aromatic N) is 1. The predicted molar refractivity (Wildman–Crippen MR) is 96.3 cm³/mol. The summed E-state index contributed by atoms with van der Waals surface area (Å²) in [5, 5.41) is 11.3. The van der Waals surface area contributed by atoms with E-state index in [0.717, 1.165) is 5.56 Å². The summed E-state index contributed by atoms with van der Waals surface area (Å²) in [6.07, 6.45) is -1.18. The Kier molecular flexibility index (Phi) is 5.57. The summed E-state index contributed by atoms with van der Waals surface area (Å²) in [7, 11) is 0. The highest BCUT2D eigenvalue weighted by molar-refractivity contribution is 5.93. The SMILES string of the molecule is CC1Oc2ccccc2OC1C(=O)OCC(=O)Nc1ccc(CC#N)cc1. The van der Waals surface area contributed by atoms with Crippen molar-refractivity contribution >= 4 is 17.6 Å². The lowest BCUT2D eigenvalue weighted by Crippen LogP contribution is -2.45. The van der Waals surface area contributed by atoms with Crippen molar-refractivity contribution in [2.24, 2.45) is 0 Å². The molecule has 0 spiro atoms. The van der Waals surface area contributed by atoms with E-state index in [2.05, 4.69) is 11.4 Å². The van der Waals surface area contributed by atoms with E-state index < -0.39 is 30.7 Å². The van der Waals surface area contributed by atoms with Gasteiger partial charge in [-0.1, -0.05) is 24.3 Å². The largest absolute Gasteiger partial charge is 0.482 e. The Balaban J connectivity index is 1.51. The third kappa shape index (κ3) is 4.55. The Morgan fingerprint density at radius 1 is 1.11 bits per heavy atom. The fraction of sp³-hybridized carbons (Fsp3) is 0.250. The maximum absolute atomic E-state index is 12.3. The van der Waals surface area contributed by atoms with Gasteiger partial charge in [0.05, 0.1) is 12.5 Å². The molecule has 3 rings (SSSR count). The molecule has 2 aromatic carbocycles. The maximum Gasteiger partial charge on any atom is 0.351 e. The standard InChI is InChI=1S/C20H18N2O5/c1-13-19(27-17-5-3-2-4-16(17)26-13)20(24)25-12-18(23)22-15-8-6-14(7-9-15)10-11-21/h2-9,13,19H,10,12H2,1H3,(H,22,23). The van der Waals surface area contributed by atoms with E-state index in [1.807, 2.05) is 6.07 Å². The topological polar surface area (TPSA) is 97.7 Å². The van der Waals surface area contributed by atoms with Crippen molar-refractivity contribution in [1.29, 1.82) is 5.26 Å². The number of amides is 1. The molecule has 1 amide bonds. The normalized spacial score (nSPS) is 17.5. The van der Waals surface area contributed by atoms with Crippen molar-refractivity contribution in [3.63, 3.8) is 0 Å². The first-order chi connectivity index (χ1) is 13.1. The number of fused-ring (bicyclic) bond motifs is 1. The van der Waals surface area contributed by atoms with E-state index in [-0.39, 0.29) is 0 Å². The van der Waals surface area contributed by atoms with Crippen LogP contribution in [-0.4, -0.2) is 30.7 Å². The molecule has 2 unspecified atom stereocenters. The van der Waals surface area contributed by atoms with Gasteiger partial charge in [-0.05, 0) is 36.8 Å². The number of para-hydroxylation sites is 2. The van der Waals surface area contributed by atoms with Crippen molar-refractivity contribution in [2.45, 2.75) is 25.6 Å². The van der Waals surface area contributed by atoms with Crippen molar-refractivity contribution < 1.29 is 23.8 Å². The van der Waals surface area contributed by atoms with Gasteiger partial charge in [0.1, 0.15) is 6.10 Å². The Morgan fingerprint density at radius 3 is 2.44 bits per heavy atom. The molecule has 138 valence electrons. The van der Waals surface area contributed by atoms with Crippen LogP contribution in [0.2, 0.25) is 0 Å². The number of anilines is 1. The van der Waals surface area contributed by atoms with Crippen LogP contribution in [0.15, 0.2) is 48.5 Å². The lowest BCUT2D eigenvalue weighted by atomic mass is 10.1. The van der Waals surface area contributed by atoms with Crippen molar-refractivity contribution in [1.82, 2.24) is 0 Å². The molecule has 2 aromatic rings. The first-order valence-corrected chi connectivity index (χ1v) is 8.41. The van der Waals surface area contributed by atoms with E-state index in [0.29, 0.717) is 23.6 Å². The van der Waals surface area contributed by atoms with Gasteiger partial charge >= 0.3 is 5.97 Å². The second-order valence-electron chi connectivity index (χ2n) is 6.00. The number of ether oxygens (including phenoxy) is 3. The summed E-state index contributed by atoms with van der Waals surface area (Å²) >= 11 is 0. The average molecular weight is 366 g/mol. The molecule has 0 saturated carbocycles. The highest BCUT2D eigenvalue weighted by Gasteiger charge is 2.35. The van der Waals surface area contributed by atoms with Crippen LogP contribution >= 0.6 is 0 Å². The number of hydrogen-bond donors (Lipinski definition) is 1. The van der Waals surface area contributed by atoms with Gasteiger partial charge in [-0.3, -0.25) is 4.79 Å². The molecule has 27 heavy (non-hydrogen) atoms. The Labute approximate surface area is 156 Å². The second-order valence-corrected chi connectivity index (χ2v) is 6.00. The van der Waals surface area contributed by atoms with Gasteiger partial charge in [-0.2, -0.15) is 5.26 Å². The molecule has 0 radical (unpaired) electrons. The van der Waals surface area contributed by atoms with Gasteiger partial charge in [0, 0.05) is 5.69 Å². The summed E-state index contributed by atoms with van der Waals surface area (Å²) in [6, 6.07) is 15.9. The van der Waals surface area contributed by atoms with Gasteiger partial charge < -0.3 is 19.5 Å². The molecule has 7 nitrogen and oxygen atoms in total. The monoisotopic (exact) mass is 366 g/mol. The van der Waals surface area contributed by atoms with Gasteiger partial charge in [-0.25, -0.2) is 4.79 Å². The smallest absolute Gasteiger partial charge is 0.351 e. The molecule has 0 fully saturated rings. The van der Waals surface area contributed by atoms with Crippen LogP contribution in [0.1, 0.15) is 12.5 Å². The number of esters is 1. The zero-order chi connectivity index (χ0) is 19.2. The van der Waals surface area contributed by atoms with Crippen LogP contribution in [0.3, 0.4) is 0 Å². The highest BCUT2D eigenvalue weighted by Crippen LogP contribution is 2.33. The number of nitriles is 1. The first-order valence-electron chi connectivity index (χ1n) is 8.41. The maximum atomic E-state index is 12.3. The molecular formula is C20H18N2O5. The summed E-state index contributed by atoms with van der Waals surface area (Å²) in [4.78, 5) is 24.2. The summed E-state index contributed by atoms with van der Waals surface area (Å²) in [6.45, 7) is 1.26. The quantitative estimate of drug-likeness (QED) is 0.817. The summed E-state index contributed by atoms with van der Waals surface area (Å²) in [5.41, 5.74) is 1.41. The molecule has 1 aliphatic rings. The van der Waals surface area contributed by atoms with E-state index >= 15 is 0 Å². The lowest BCUT2D eigenvalue weighted by Gasteiger charge is -2.30. The van der Waals surface area contributed by atoms with Gasteiger partial charge in [-0.15, -0.1) is 0 Å². The average Bonchev–Trinajstić information content (AvgIpc) is 2.67. The van der Waals surface area contributed by atoms with Crippen molar-refractivity contribution in [2.75, 3.05) is 11.9 Å². The van der Waals surface area contributed by atoms with Gasteiger partial charge in [0.25, 0.3) is 5.91 Å². The molecule has 1 heterocycles. The third-order valence-electron chi connectivity index (χ3n) is 3.94. The third-order valence-corrected chi connectivity index (χ3v) is 3.94. The lowest BCUT2D eigenvalue weighted by molar-refractivity contribution is -0.159. The zero-order valence-corrected chi connectivity index (χ0v) is 14.7. The highest BCUT2D eigenvalue weighted by atomic mass is 16.6. The molecule has 0 saturated heterocycles. The van der Waals surface area contributed by atoms with E-state index in [1.54, 1.807) is 49.4 Å². The number of benzene rings is 2. The number of rotatable bonds is 5. The van der Waals surface area contributed by atoms with Gasteiger partial charge in [0.2, 0.25) is 6.10 Å². The molecule has 1 aliphatic heterocycles. The molecular weight excluding hydrogens is 348 g/mol. The first kappa shape index (κ1) is 18.3. The van der Waals surface area contributed by atoms with E-state index in [4.69, 9.17) is 19.5 Å². The molecule has 0 aliphatic carbocycles. The Bertz CT molecular complexity index is 873. The van der Waals surface area contributed by atoms with Crippen LogP contribution in [0, 0.1) is 11.3 Å². The summed E-state index contributed by atoms with van der Waals surface area (Å²) in [5.74, 6) is -0.121. The van der Waals surface area contributed by atoms with Crippen LogP contribution in [0.25, 0.3) is 0 Å². The van der Waals surface area contributed by atoms with E-state index in [9.17, 15) is 9.59 Å². The minimum Gasteiger partial charge on any atom is -0.482 e. The molecule has 0 bridgehead atoms. The summed E-state index contributed by atoms with van der Waals surface area (Å²) < 4.78 is 16.3. The second kappa shape index (κ2) is 8.23. The molecule has 2 atom stereocenters. The van der Waals surface area contributed by atoms with Crippen LogP contribution in [0.4, 0.5) is 5.69 Å². The number of hydrogen-bond acceptors (Lipinski definition) is 6. The van der Waals surface area contributed by atoms with Crippen LogP contribution in [-0.2, 0) is 20.7 Å². The van der Waals surface area contributed by atoms with Gasteiger partial charge in [0.15, 0.2) is 18.1 Å². The Hall–Kier alpha value is -3.53. The zero-order valence-electron chi connectivity index (χ0n) is 14.7. The van der Waals surface area contributed by atoms with Crippen LogP contribution < -0.4 is 14.8 Å². The minimum absolute atomic E-state index is 0.302. The molecule has 1 N–H and O–H groups in total. The van der Waals surface area contributed by atoms with E-state index in [1.165, 1.54) is 0 Å². The minimum atomic E-state index is -0.946. The number of carbonyl (C=O) groups is 2.